The number of carbonyl (C=O) groups is 1. The Hall–Kier alpha value is -2.77. The Morgan fingerprint density at radius 1 is 1.25 bits per heavy atom. The van der Waals surface area contributed by atoms with Crippen molar-refractivity contribution in [2.24, 2.45) is 5.92 Å². The fourth-order valence-electron chi connectivity index (χ4n) is 2.39. The van der Waals surface area contributed by atoms with Gasteiger partial charge in [-0.25, -0.2) is 9.78 Å². The van der Waals surface area contributed by atoms with Crippen molar-refractivity contribution in [2.75, 3.05) is 25.3 Å². The van der Waals surface area contributed by atoms with Crippen LogP contribution in [0.15, 0.2) is 12.1 Å². The molecule has 0 aliphatic heterocycles. The second-order valence-electron chi connectivity index (χ2n) is 5.82. The molecule has 1 aromatic carbocycles. The number of carboxylic acids is 1. The van der Waals surface area contributed by atoms with Gasteiger partial charge in [0.15, 0.2) is 11.5 Å². The number of nitrogens with one attached hydrogen (secondary N) is 1. The molecule has 1 aromatic heterocycles. The third kappa shape index (κ3) is 3.76. The van der Waals surface area contributed by atoms with Crippen LogP contribution in [0.3, 0.4) is 0 Å². The molecule has 8 heteroatoms. The predicted molar refractivity (Wildman–Crippen MR) is 91.6 cm³/mol. The summed E-state index contributed by atoms with van der Waals surface area (Å²) in [5.41, 5.74) is 6.53. The van der Waals surface area contributed by atoms with Gasteiger partial charge in [-0.2, -0.15) is 4.98 Å². The first-order valence-corrected chi connectivity index (χ1v) is 7.54. The van der Waals surface area contributed by atoms with Gasteiger partial charge < -0.3 is 25.6 Å². The molecule has 0 amide bonds. The van der Waals surface area contributed by atoms with Gasteiger partial charge in [-0.05, 0) is 18.4 Å². The van der Waals surface area contributed by atoms with Crippen molar-refractivity contribution in [1.82, 2.24) is 9.97 Å². The average molecular weight is 334 g/mol. The van der Waals surface area contributed by atoms with Crippen LogP contribution in [-0.4, -0.2) is 41.3 Å². The number of nitrogens with two attached hydrogens (primary N) is 1. The number of hydrogen-bond donors (Lipinski definition) is 3. The topological polar surface area (TPSA) is 120 Å². The maximum absolute atomic E-state index is 11.4. The SMILES string of the molecule is COc1cc2nc(N[C@H](CC(C)C)C(=O)O)nc(N)c2cc1OC. The fraction of sp³-hybridized carbons (Fsp3) is 0.438. The number of benzene rings is 1. The maximum Gasteiger partial charge on any atom is 0.326 e. The minimum absolute atomic E-state index is 0.167. The van der Waals surface area contributed by atoms with Gasteiger partial charge in [0, 0.05) is 11.5 Å². The molecule has 0 radical (unpaired) electrons. The first-order chi connectivity index (χ1) is 11.3. The van der Waals surface area contributed by atoms with Gasteiger partial charge in [0.1, 0.15) is 11.9 Å². The zero-order valence-corrected chi connectivity index (χ0v) is 14.2. The van der Waals surface area contributed by atoms with Gasteiger partial charge in [0.25, 0.3) is 0 Å². The molecule has 0 bridgehead atoms. The van der Waals surface area contributed by atoms with Gasteiger partial charge in [-0.1, -0.05) is 13.8 Å². The number of carboxylic acid groups (broad SMARTS) is 1. The van der Waals surface area contributed by atoms with E-state index in [9.17, 15) is 9.90 Å². The van der Waals surface area contributed by atoms with Gasteiger partial charge >= 0.3 is 5.97 Å². The van der Waals surface area contributed by atoms with E-state index < -0.39 is 12.0 Å². The van der Waals surface area contributed by atoms with E-state index >= 15 is 0 Å². The van der Waals surface area contributed by atoms with Gasteiger partial charge in [0.2, 0.25) is 5.95 Å². The molecule has 0 spiro atoms. The molecular formula is C16H22N4O4. The van der Waals surface area contributed by atoms with E-state index in [2.05, 4.69) is 15.3 Å². The Bertz CT molecular complexity index is 748. The molecule has 8 nitrogen and oxygen atoms in total. The highest BCUT2D eigenvalue weighted by molar-refractivity contribution is 5.92. The van der Waals surface area contributed by atoms with Crippen LogP contribution < -0.4 is 20.5 Å². The minimum atomic E-state index is -0.960. The van der Waals surface area contributed by atoms with Gasteiger partial charge in [0.05, 0.1) is 19.7 Å². The summed E-state index contributed by atoms with van der Waals surface area (Å²) in [5, 5.41) is 12.8. The highest BCUT2D eigenvalue weighted by Gasteiger charge is 2.20. The zero-order valence-electron chi connectivity index (χ0n) is 14.2. The normalized spacial score (nSPS) is 12.2. The van der Waals surface area contributed by atoms with Crippen LogP contribution in [0.25, 0.3) is 10.9 Å². The second kappa shape index (κ2) is 7.20. The molecule has 0 unspecified atom stereocenters. The van der Waals surface area contributed by atoms with E-state index in [1.54, 1.807) is 12.1 Å². The molecule has 0 aliphatic carbocycles. The molecule has 4 N–H and O–H groups in total. The Morgan fingerprint density at radius 2 is 1.88 bits per heavy atom. The van der Waals surface area contributed by atoms with Crippen LogP contribution in [0, 0.1) is 5.92 Å². The van der Waals surface area contributed by atoms with E-state index in [1.807, 2.05) is 13.8 Å². The summed E-state index contributed by atoms with van der Waals surface area (Å²) in [6.45, 7) is 3.90. The van der Waals surface area contributed by atoms with Gasteiger partial charge in [-0.15, -0.1) is 0 Å². The largest absolute Gasteiger partial charge is 0.493 e. The molecule has 2 aromatic rings. The zero-order chi connectivity index (χ0) is 17.9. The third-order valence-electron chi connectivity index (χ3n) is 3.54. The molecule has 0 saturated heterocycles. The number of fused-ring (bicyclic) bond motifs is 1. The third-order valence-corrected chi connectivity index (χ3v) is 3.54. The average Bonchev–Trinajstić information content (AvgIpc) is 2.52. The molecule has 130 valence electrons. The predicted octanol–water partition coefficient (Wildman–Crippen LogP) is 2.14. The smallest absolute Gasteiger partial charge is 0.326 e. The van der Waals surface area contributed by atoms with Crippen molar-refractivity contribution in [3.05, 3.63) is 12.1 Å². The number of nitrogen functional groups attached to an aromatic ring is 1. The van der Waals surface area contributed by atoms with E-state index in [0.29, 0.717) is 28.8 Å². The molecule has 0 saturated carbocycles. The standard InChI is InChI=1S/C16H22N4O4/c1-8(2)5-11(15(21)22)19-16-18-10-7-13(24-4)12(23-3)6-9(10)14(17)20-16/h6-8,11H,5H2,1-4H3,(H,21,22)(H3,17,18,19,20)/t11-/m1/s1. The Balaban J connectivity index is 2.43. The van der Waals surface area contributed by atoms with Crippen molar-refractivity contribution in [3.8, 4) is 11.5 Å². The lowest BCUT2D eigenvalue weighted by Gasteiger charge is -2.17. The highest BCUT2D eigenvalue weighted by atomic mass is 16.5. The minimum Gasteiger partial charge on any atom is -0.493 e. The molecule has 24 heavy (non-hydrogen) atoms. The number of aliphatic carboxylic acids is 1. The van der Waals surface area contributed by atoms with E-state index in [4.69, 9.17) is 15.2 Å². The van der Waals surface area contributed by atoms with Gasteiger partial charge in [-0.3, -0.25) is 0 Å². The van der Waals surface area contributed by atoms with Crippen molar-refractivity contribution in [3.63, 3.8) is 0 Å². The number of ether oxygens (including phenoxy) is 2. The molecule has 2 rings (SSSR count). The maximum atomic E-state index is 11.4. The monoisotopic (exact) mass is 334 g/mol. The van der Waals surface area contributed by atoms with Crippen molar-refractivity contribution in [1.29, 1.82) is 0 Å². The summed E-state index contributed by atoms with van der Waals surface area (Å²) >= 11 is 0. The number of nitrogens with zero attached hydrogens (tertiary/aromatic N) is 2. The van der Waals surface area contributed by atoms with Crippen LogP contribution in [0.4, 0.5) is 11.8 Å². The molecule has 0 fully saturated rings. The second-order valence-corrected chi connectivity index (χ2v) is 5.82. The quantitative estimate of drug-likeness (QED) is 0.704. The molecular weight excluding hydrogens is 312 g/mol. The number of aromatic nitrogens is 2. The fourth-order valence-corrected chi connectivity index (χ4v) is 2.39. The van der Waals surface area contributed by atoms with Crippen LogP contribution >= 0.6 is 0 Å². The Morgan fingerprint density at radius 3 is 2.42 bits per heavy atom. The lowest BCUT2D eigenvalue weighted by atomic mass is 10.0. The number of anilines is 2. The van der Waals surface area contributed by atoms with Crippen LogP contribution in [0.2, 0.25) is 0 Å². The number of methoxy groups -OCH3 is 2. The van der Waals surface area contributed by atoms with E-state index in [1.165, 1.54) is 14.2 Å². The number of rotatable bonds is 7. The summed E-state index contributed by atoms with van der Waals surface area (Å²) in [7, 11) is 3.05. The summed E-state index contributed by atoms with van der Waals surface area (Å²) in [6, 6.07) is 2.58. The Kier molecular flexibility index (Phi) is 5.28. The first kappa shape index (κ1) is 17.6. The van der Waals surface area contributed by atoms with Crippen molar-refractivity contribution >= 4 is 28.6 Å². The van der Waals surface area contributed by atoms with E-state index in [0.717, 1.165) is 0 Å². The summed E-state index contributed by atoms with van der Waals surface area (Å²) in [4.78, 5) is 19.9. The summed E-state index contributed by atoms with van der Waals surface area (Å²) in [5.74, 6) is 0.673. The van der Waals surface area contributed by atoms with Crippen LogP contribution in [0.5, 0.6) is 11.5 Å². The van der Waals surface area contributed by atoms with Crippen LogP contribution in [-0.2, 0) is 4.79 Å². The molecule has 1 atom stereocenters. The summed E-state index contributed by atoms with van der Waals surface area (Å²) in [6.07, 6.45) is 0.447. The summed E-state index contributed by atoms with van der Waals surface area (Å²) < 4.78 is 10.5. The Labute approximate surface area is 140 Å². The molecule has 0 aliphatic rings. The van der Waals surface area contributed by atoms with Crippen LogP contribution in [0.1, 0.15) is 20.3 Å². The van der Waals surface area contributed by atoms with E-state index in [-0.39, 0.29) is 17.7 Å². The lowest BCUT2D eigenvalue weighted by molar-refractivity contribution is -0.138. The highest BCUT2D eigenvalue weighted by Crippen LogP contribution is 2.33. The van der Waals surface area contributed by atoms with Crippen molar-refractivity contribution in [2.45, 2.75) is 26.3 Å². The number of hydrogen-bond acceptors (Lipinski definition) is 7. The first-order valence-electron chi connectivity index (χ1n) is 7.54. The van der Waals surface area contributed by atoms with Crippen molar-refractivity contribution < 1.29 is 19.4 Å². The lowest BCUT2D eigenvalue weighted by Crippen LogP contribution is -2.31. The molecule has 1 heterocycles.